The molecule has 3 nitrogen and oxygen atoms in total. The summed E-state index contributed by atoms with van der Waals surface area (Å²) in [5.41, 5.74) is 0.572. The smallest absolute Gasteiger partial charge is 0.185 e. The van der Waals surface area contributed by atoms with Gasteiger partial charge in [-0.15, -0.1) is 11.3 Å². The van der Waals surface area contributed by atoms with Crippen LogP contribution in [-0.2, 0) is 0 Å². The van der Waals surface area contributed by atoms with Gasteiger partial charge < -0.3 is 4.90 Å². The average molecular weight is 198 g/mol. The van der Waals surface area contributed by atoms with Gasteiger partial charge in [0.2, 0.25) is 0 Å². The molecule has 0 aromatic carbocycles. The molecule has 0 saturated carbocycles. The van der Waals surface area contributed by atoms with Crippen LogP contribution in [0.3, 0.4) is 0 Å². The molecule has 0 radical (unpaired) electrons. The first-order valence-corrected chi connectivity index (χ1v) is 5.20. The Bertz CT molecular complexity index is 296. The standard InChI is InChI=1S/C9H14N2OS/c1-4-5-11(3)9-10-8(6-13-9)7(2)12/h6H,4-5H2,1-3H3. The number of carbonyl (C=O) groups excluding carboxylic acids is 1. The minimum Gasteiger partial charge on any atom is -0.351 e. The van der Waals surface area contributed by atoms with E-state index >= 15 is 0 Å². The fourth-order valence-corrected chi connectivity index (χ4v) is 1.89. The first-order valence-electron chi connectivity index (χ1n) is 4.32. The Morgan fingerprint density at radius 3 is 2.85 bits per heavy atom. The van der Waals surface area contributed by atoms with Crippen molar-refractivity contribution in [1.29, 1.82) is 0 Å². The molecule has 1 aromatic rings. The second-order valence-electron chi connectivity index (χ2n) is 2.99. The first kappa shape index (κ1) is 10.2. The van der Waals surface area contributed by atoms with Crippen LogP contribution in [-0.4, -0.2) is 24.4 Å². The van der Waals surface area contributed by atoms with Gasteiger partial charge in [0.25, 0.3) is 0 Å². The highest BCUT2D eigenvalue weighted by Gasteiger charge is 2.08. The summed E-state index contributed by atoms with van der Waals surface area (Å²) in [6.07, 6.45) is 1.09. The molecule has 1 aromatic heterocycles. The van der Waals surface area contributed by atoms with Crippen molar-refractivity contribution in [2.45, 2.75) is 20.3 Å². The van der Waals surface area contributed by atoms with Crippen molar-refractivity contribution in [2.75, 3.05) is 18.5 Å². The van der Waals surface area contributed by atoms with E-state index < -0.39 is 0 Å². The molecular formula is C9H14N2OS. The molecular weight excluding hydrogens is 184 g/mol. The fourth-order valence-electron chi connectivity index (χ4n) is 1.03. The van der Waals surface area contributed by atoms with Crippen LogP contribution in [0.15, 0.2) is 5.38 Å². The maximum absolute atomic E-state index is 11.0. The van der Waals surface area contributed by atoms with Crippen LogP contribution >= 0.6 is 11.3 Å². The zero-order valence-corrected chi connectivity index (χ0v) is 9.02. The van der Waals surface area contributed by atoms with Gasteiger partial charge in [-0.05, 0) is 6.42 Å². The van der Waals surface area contributed by atoms with Crippen LogP contribution in [0, 0.1) is 0 Å². The van der Waals surface area contributed by atoms with Crippen LogP contribution in [0.25, 0.3) is 0 Å². The lowest BCUT2D eigenvalue weighted by molar-refractivity contribution is 0.101. The Labute approximate surface area is 82.4 Å². The summed E-state index contributed by atoms with van der Waals surface area (Å²) in [5.74, 6) is 0.0346. The number of Topliss-reactive ketones (excluding diaryl/α,β-unsaturated/α-hetero) is 1. The Morgan fingerprint density at radius 1 is 1.69 bits per heavy atom. The molecule has 0 spiro atoms. The van der Waals surface area contributed by atoms with Crippen molar-refractivity contribution in [1.82, 2.24) is 4.98 Å². The maximum Gasteiger partial charge on any atom is 0.185 e. The summed E-state index contributed by atoms with van der Waals surface area (Å²) < 4.78 is 0. The molecule has 0 N–H and O–H groups in total. The largest absolute Gasteiger partial charge is 0.351 e. The highest BCUT2D eigenvalue weighted by atomic mass is 32.1. The lowest BCUT2D eigenvalue weighted by Gasteiger charge is -2.13. The summed E-state index contributed by atoms with van der Waals surface area (Å²) in [5, 5.41) is 2.73. The zero-order chi connectivity index (χ0) is 9.84. The minimum absolute atomic E-state index is 0.0346. The highest BCUT2D eigenvalue weighted by molar-refractivity contribution is 7.13. The van der Waals surface area contributed by atoms with Crippen LogP contribution < -0.4 is 4.90 Å². The minimum atomic E-state index is 0.0346. The monoisotopic (exact) mass is 198 g/mol. The van der Waals surface area contributed by atoms with E-state index in [0.29, 0.717) is 5.69 Å². The lowest BCUT2D eigenvalue weighted by atomic mass is 10.4. The second kappa shape index (κ2) is 4.37. The molecule has 0 amide bonds. The summed E-state index contributed by atoms with van der Waals surface area (Å²) >= 11 is 1.52. The average Bonchev–Trinajstić information content (AvgIpc) is 2.52. The third kappa shape index (κ3) is 2.52. The zero-order valence-electron chi connectivity index (χ0n) is 8.20. The van der Waals surface area contributed by atoms with Gasteiger partial charge >= 0.3 is 0 Å². The number of thiazole rings is 1. The number of aromatic nitrogens is 1. The van der Waals surface area contributed by atoms with E-state index in [9.17, 15) is 4.79 Å². The summed E-state index contributed by atoms with van der Waals surface area (Å²) in [6, 6.07) is 0. The summed E-state index contributed by atoms with van der Waals surface area (Å²) in [6.45, 7) is 4.64. The number of hydrogen-bond acceptors (Lipinski definition) is 4. The van der Waals surface area contributed by atoms with Gasteiger partial charge in [-0.3, -0.25) is 4.79 Å². The van der Waals surface area contributed by atoms with Gasteiger partial charge in [-0.2, -0.15) is 0 Å². The van der Waals surface area contributed by atoms with Crippen molar-refractivity contribution >= 4 is 22.3 Å². The number of hydrogen-bond donors (Lipinski definition) is 0. The first-order chi connectivity index (χ1) is 6.15. The molecule has 0 fully saturated rings. The third-order valence-corrected chi connectivity index (χ3v) is 2.69. The van der Waals surface area contributed by atoms with E-state index in [1.165, 1.54) is 11.3 Å². The number of carbonyl (C=O) groups is 1. The van der Waals surface area contributed by atoms with Gasteiger partial charge in [-0.25, -0.2) is 4.98 Å². The Morgan fingerprint density at radius 2 is 2.38 bits per heavy atom. The van der Waals surface area contributed by atoms with Crippen molar-refractivity contribution in [2.24, 2.45) is 0 Å². The molecule has 72 valence electrons. The number of anilines is 1. The molecule has 0 unspecified atom stereocenters. The van der Waals surface area contributed by atoms with Gasteiger partial charge in [0.15, 0.2) is 10.9 Å². The molecule has 0 aliphatic carbocycles. The highest BCUT2D eigenvalue weighted by Crippen LogP contribution is 2.19. The van der Waals surface area contributed by atoms with Gasteiger partial charge in [0.05, 0.1) is 0 Å². The van der Waals surface area contributed by atoms with Crippen molar-refractivity contribution in [3.8, 4) is 0 Å². The maximum atomic E-state index is 11.0. The molecule has 0 bridgehead atoms. The van der Waals surface area contributed by atoms with Crippen LogP contribution in [0.4, 0.5) is 5.13 Å². The van der Waals surface area contributed by atoms with E-state index in [2.05, 4.69) is 16.8 Å². The molecule has 1 heterocycles. The fraction of sp³-hybridized carbons (Fsp3) is 0.556. The van der Waals surface area contributed by atoms with Crippen molar-refractivity contribution in [3.63, 3.8) is 0 Å². The SMILES string of the molecule is CCCN(C)c1nc(C(C)=O)cs1. The predicted octanol–water partition coefficient (Wildman–Crippen LogP) is 2.19. The van der Waals surface area contributed by atoms with E-state index in [1.54, 1.807) is 6.92 Å². The normalized spacial score (nSPS) is 10.1. The van der Waals surface area contributed by atoms with E-state index in [-0.39, 0.29) is 5.78 Å². The van der Waals surface area contributed by atoms with E-state index in [4.69, 9.17) is 0 Å². The lowest BCUT2D eigenvalue weighted by Crippen LogP contribution is -2.17. The van der Waals surface area contributed by atoms with Gasteiger partial charge in [0.1, 0.15) is 5.69 Å². The number of ketones is 1. The third-order valence-electron chi connectivity index (χ3n) is 1.74. The molecule has 0 atom stereocenters. The second-order valence-corrected chi connectivity index (χ2v) is 3.83. The van der Waals surface area contributed by atoms with Gasteiger partial charge in [0, 0.05) is 25.9 Å². The molecule has 0 aliphatic heterocycles. The van der Waals surface area contributed by atoms with E-state index in [1.807, 2.05) is 12.4 Å². The molecule has 4 heteroatoms. The molecule has 0 aliphatic rings. The number of nitrogens with zero attached hydrogens (tertiary/aromatic N) is 2. The molecule has 0 saturated heterocycles. The number of rotatable bonds is 4. The summed E-state index contributed by atoms with van der Waals surface area (Å²) in [4.78, 5) is 17.3. The van der Waals surface area contributed by atoms with Gasteiger partial charge in [-0.1, -0.05) is 6.92 Å². The topological polar surface area (TPSA) is 33.2 Å². The van der Waals surface area contributed by atoms with Crippen LogP contribution in [0.5, 0.6) is 0 Å². The van der Waals surface area contributed by atoms with Crippen LogP contribution in [0.1, 0.15) is 30.8 Å². The quantitative estimate of drug-likeness (QED) is 0.695. The van der Waals surface area contributed by atoms with Crippen molar-refractivity contribution in [3.05, 3.63) is 11.1 Å². The predicted molar refractivity (Wildman–Crippen MR) is 55.7 cm³/mol. The van der Waals surface area contributed by atoms with Crippen molar-refractivity contribution < 1.29 is 4.79 Å². The summed E-state index contributed by atoms with van der Waals surface area (Å²) in [7, 11) is 1.99. The Balaban J connectivity index is 2.73. The molecule has 1 rings (SSSR count). The Hall–Kier alpha value is -0.900. The van der Waals surface area contributed by atoms with E-state index in [0.717, 1.165) is 18.1 Å². The molecule has 13 heavy (non-hydrogen) atoms. The van der Waals surface area contributed by atoms with Crippen LogP contribution in [0.2, 0.25) is 0 Å². The Kier molecular flexibility index (Phi) is 3.42.